The summed E-state index contributed by atoms with van der Waals surface area (Å²) in [6, 6.07) is 6.22. The number of nitrogens with two attached hydrogens (primary N) is 1. The number of rotatable bonds is 8. The molecule has 1 amide bonds. The van der Waals surface area contributed by atoms with Crippen molar-refractivity contribution in [3.63, 3.8) is 0 Å². The number of nitrogens with zero attached hydrogens (tertiary/aromatic N) is 1. The van der Waals surface area contributed by atoms with E-state index >= 15 is 0 Å². The number of methoxy groups -OCH3 is 1. The van der Waals surface area contributed by atoms with Crippen molar-refractivity contribution in [2.24, 2.45) is 5.73 Å². The largest absolute Gasteiger partial charge is 0.383 e. The zero-order valence-electron chi connectivity index (χ0n) is 12.6. The predicted octanol–water partition coefficient (Wildman–Crippen LogP) is 0.648. The Balaban J connectivity index is 2.45. The van der Waals surface area contributed by atoms with E-state index in [1.807, 2.05) is 18.0 Å². The first kappa shape index (κ1) is 16.6. The Morgan fingerprint density at radius 2 is 2.20 bits per heavy atom. The highest BCUT2D eigenvalue weighted by atomic mass is 16.5. The van der Waals surface area contributed by atoms with Crippen LogP contribution < -0.4 is 11.1 Å². The molecule has 1 aromatic carbocycles. The van der Waals surface area contributed by atoms with E-state index in [0.717, 1.165) is 12.1 Å². The third-order valence-electron chi connectivity index (χ3n) is 3.12. The molecular weight excluding hydrogens is 254 g/mol. The SMILES string of the molecule is COCCNC(=O)CN(C)Cc1ccc(CN)cc1C. The lowest BCUT2D eigenvalue weighted by Crippen LogP contribution is -2.36. The molecule has 0 saturated heterocycles. The molecule has 0 aromatic heterocycles. The second-order valence-electron chi connectivity index (χ2n) is 4.98. The maximum atomic E-state index is 11.7. The Labute approximate surface area is 121 Å². The topological polar surface area (TPSA) is 67.6 Å². The quantitative estimate of drug-likeness (QED) is 0.686. The summed E-state index contributed by atoms with van der Waals surface area (Å²) in [5.74, 6) is 0.0146. The molecule has 5 nitrogen and oxygen atoms in total. The average Bonchev–Trinajstić information content (AvgIpc) is 2.41. The van der Waals surface area contributed by atoms with E-state index in [0.29, 0.717) is 26.2 Å². The van der Waals surface area contributed by atoms with Crippen LogP contribution in [0.15, 0.2) is 18.2 Å². The molecule has 1 rings (SSSR count). The molecule has 0 fully saturated rings. The first-order chi connectivity index (χ1) is 9.56. The van der Waals surface area contributed by atoms with Crippen molar-refractivity contribution in [1.82, 2.24) is 10.2 Å². The van der Waals surface area contributed by atoms with Gasteiger partial charge in [-0.15, -0.1) is 0 Å². The molecule has 0 aliphatic heterocycles. The molecule has 0 atom stereocenters. The Kier molecular flexibility index (Phi) is 7.22. The average molecular weight is 279 g/mol. The number of hydrogen-bond acceptors (Lipinski definition) is 4. The van der Waals surface area contributed by atoms with Crippen LogP contribution in [0.4, 0.5) is 0 Å². The molecule has 0 bridgehead atoms. The van der Waals surface area contributed by atoms with E-state index in [9.17, 15) is 4.79 Å². The highest BCUT2D eigenvalue weighted by Gasteiger charge is 2.08. The van der Waals surface area contributed by atoms with Crippen molar-refractivity contribution in [3.05, 3.63) is 34.9 Å². The van der Waals surface area contributed by atoms with Crippen LogP contribution in [0.25, 0.3) is 0 Å². The van der Waals surface area contributed by atoms with Gasteiger partial charge in [0.2, 0.25) is 5.91 Å². The van der Waals surface area contributed by atoms with Crippen molar-refractivity contribution in [3.8, 4) is 0 Å². The number of carbonyl (C=O) groups is 1. The van der Waals surface area contributed by atoms with Gasteiger partial charge in [-0.25, -0.2) is 0 Å². The van der Waals surface area contributed by atoms with Crippen LogP contribution in [0.3, 0.4) is 0 Å². The fraction of sp³-hybridized carbons (Fsp3) is 0.533. The van der Waals surface area contributed by atoms with E-state index in [2.05, 4.69) is 24.4 Å². The first-order valence-corrected chi connectivity index (χ1v) is 6.79. The summed E-state index contributed by atoms with van der Waals surface area (Å²) in [5.41, 5.74) is 9.18. The van der Waals surface area contributed by atoms with Gasteiger partial charge < -0.3 is 15.8 Å². The van der Waals surface area contributed by atoms with Crippen molar-refractivity contribution in [2.75, 3.05) is 33.9 Å². The fourth-order valence-electron chi connectivity index (χ4n) is 2.00. The lowest BCUT2D eigenvalue weighted by Gasteiger charge is -2.18. The molecule has 20 heavy (non-hydrogen) atoms. The lowest BCUT2D eigenvalue weighted by molar-refractivity contribution is -0.122. The number of hydrogen-bond donors (Lipinski definition) is 2. The van der Waals surface area contributed by atoms with Gasteiger partial charge in [-0.1, -0.05) is 18.2 Å². The summed E-state index contributed by atoms with van der Waals surface area (Å²) in [5, 5.41) is 2.81. The van der Waals surface area contributed by atoms with E-state index in [1.54, 1.807) is 7.11 Å². The minimum Gasteiger partial charge on any atom is -0.383 e. The van der Waals surface area contributed by atoms with Crippen LogP contribution in [0.5, 0.6) is 0 Å². The molecule has 0 aliphatic carbocycles. The second kappa shape index (κ2) is 8.68. The number of aryl methyl sites for hydroxylation is 1. The van der Waals surface area contributed by atoms with Crippen LogP contribution in [-0.2, 0) is 22.6 Å². The summed E-state index contributed by atoms with van der Waals surface area (Å²) < 4.78 is 4.89. The fourth-order valence-corrected chi connectivity index (χ4v) is 2.00. The number of amides is 1. The van der Waals surface area contributed by atoms with Gasteiger partial charge in [0.1, 0.15) is 0 Å². The van der Waals surface area contributed by atoms with Gasteiger partial charge in [-0.3, -0.25) is 9.69 Å². The summed E-state index contributed by atoms with van der Waals surface area (Å²) >= 11 is 0. The Hall–Kier alpha value is -1.43. The number of nitrogens with one attached hydrogen (secondary N) is 1. The van der Waals surface area contributed by atoms with Gasteiger partial charge in [-0.05, 0) is 30.7 Å². The highest BCUT2D eigenvalue weighted by Crippen LogP contribution is 2.12. The van der Waals surface area contributed by atoms with Gasteiger partial charge in [0.25, 0.3) is 0 Å². The number of carbonyl (C=O) groups excluding carboxylic acids is 1. The molecule has 0 unspecified atom stereocenters. The van der Waals surface area contributed by atoms with Crippen LogP contribution in [0, 0.1) is 6.92 Å². The van der Waals surface area contributed by atoms with Crippen molar-refractivity contribution < 1.29 is 9.53 Å². The van der Waals surface area contributed by atoms with Crippen molar-refractivity contribution in [2.45, 2.75) is 20.0 Å². The highest BCUT2D eigenvalue weighted by molar-refractivity contribution is 5.77. The van der Waals surface area contributed by atoms with Gasteiger partial charge >= 0.3 is 0 Å². The second-order valence-corrected chi connectivity index (χ2v) is 4.98. The maximum absolute atomic E-state index is 11.7. The van der Waals surface area contributed by atoms with Crippen molar-refractivity contribution in [1.29, 1.82) is 0 Å². The minimum absolute atomic E-state index is 0.0146. The van der Waals surface area contributed by atoms with E-state index in [4.69, 9.17) is 10.5 Å². The lowest BCUT2D eigenvalue weighted by atomic mass is 10.0. The molecule has 5 heteroatoms. The van der Waals surface area contributed by atoms with E-state index in [-0.39, 0.29) is 5.91 Å². The third kappa shape index (κ3) is 5.69. The zero-order chi connectivity index (χ0) is 15.0. The third-order valence-corrected chi connectivity index (χ3v) is 3.12. The van der Waals surface area contributed by atoms with Crippen LogP contribution in [-0.4, -0.2) is 44.7 Å². The molecule has 0 spiro atoms. The summed E-state index contributed by atoms with van der Waals surface area (Å²) in [6.07, 6.45) is 0. The number of likely N-dealkylation sites (N-methyl/N-ethyl adjacent to an activating group) is 1. The van der Waals surface area contributed by atoms with Crippen LogP contribution in [0.1, 0.15) is 16.7 Å². The summed E-state index contributed by atoms with van der Waals surface area (Å²) in [6.45, 7) is 4.83. The normalized spacial score (nSPS) is 10.8. The number of benzene rings is 1. The smallest absolute Gasteiger partial charge is 0.234 e. The van der Waals surface area contributed by atoms with E-state index < -0.39 is 0 Å². The predicted molar refractivity (Wildman–Crippen MR) is 80.3 cm³/mol. The Morgan fingerprint density at radius 3 is 2.80 bits per heavy atom. The standard InChI is InChI=1S/C15H25N3O2/c1-12-8-13(9-16)4-5-14(12)10-18(2)11-15(19)17-6-7-20-3/h4-5,8H,6-7,9-11,16H2,1-3H3,(H,17,19). The Morgan fingerprint density at radius 1 is 1.45 bits per heavy atom. The van der Waals surface area contributed by atoms with Gasteiger partial charge in [-0.2, -0.15) is 0 Å². The molecule has 3 N–H and O–H groups in total. The first-order valence-electron chi connectivity index (χ1n) is 6.79. The van der Waals surface area contributed by atoms with Crippen molar-refractivity contribution >= 4 is 5.91 Å². The summed E-state index contributed by atoms with van der Waals surface area (Å²) in [4.78, 5) is 13.7. The molecule has 0 aliphatic rings. The zero-order valence-corrected chi connectivity index (χ0v) is 12.6. The molecule has 1 aromatic rings. The molecule has 0 heterocycles. The van der Waals surface area contributed by atoms with Crippen LogP contribution >= 0.6 is 0 Å². The molecule has 112 valence electrons. The number of ether oxygens (including phenoxy) is 1. The summed E-state index contributed by atoms with van der Waals surface area (Å²) in [7, 11) is 3.55. The molecule has 0 radical (unpaired) electrons. The van der Waals surface area contributed by atoms with Gasteiger partial charge in [0.05, 0.1) is 13.2 Å². The van der Waals surface area contributed by atoms with Crippen LogP contribution in [0.2, 0.25) is 0 Å². The minimum atomic E-state index is 0.0146. The van der Waals surface area contributed by atoms with Gasteiger partial charge in [0.15, 0.2) is 0 Å². The molecule has 0 saturated carbocycles. The monoisotopic (exact) mass is 279 g/mol. The molecular formula is C15H25N3O2. The van der Waals surface area contributed by atoms with E-state index in [1.165, 1.54) is 11.1 Å². The Bertz CT molecular complexity index is 435. The van der Waals surface area contributed by atoms with Gasteiger partial charge in [0, 0.05) is 26.7 Å². The maximum Gasteiger partial charge on any atom is 0.234 e.